The number of nitrogens with zero attached hydrogens (tertiary/aromatic N) is 1. The Bertz CT molecular complexity index is 248. The van der Waals surface area contributed by atoms with Gasteiger partial charge in [0.1, 0.15) is 0 Å². The third-order valence-corrected chi connectivity index (χ3v) is 1.19. The molecule has 1 aromatic rings. The standard InChI is InChI=1S/C8H9NO.Na/c1-9-6-7-4-2-3-5-8(7)10;/h2-6,10H,1H3;/q;+1/p-1. The van der Waals surface area contributed by atoms with E-state index in [1.54, 1.807) is 25.4 Å². The molecule has 0 unspecified atom stereocenters. The van der Waals surface area contributed by atoms with Gasteiger partial charge in [-0.1, -0.05) is 24.3 Å². The molecular formula is C8H8NNaO. The van der Waals surface area contributed by atoms with Gasteiger partial charge in [0, 0.05) is 13.3 Å². The molecule has 0 aromatic heterocycles. The molecule has 0 bridgehead atoms. The molecule has 0 aliphatic heterocycles. The van der Waals surface area contributed by atoms with E-state index in [4.69, 9.17) is 0 Å². The fourth-order valence-electron chi connectivity index (χ4n) is 0.726. The van der Waals surface area contributed by atoms with Gasteiger partial charge in [-0.05, 0) is 5.56 Å². The maximum Gasteiger partial charge on any atom is 1.00 e. The molecule has 0 N–H and O–H groups in total. The topological polar surface area (TPSA) is 35.4 Å². The van der Waals surface area contributed by atoms with Gasteiger partial charge in [0.2, 0.25) is 0 Å². The molecule has 1 aromatic carbocycles. The summed E-state index contributed by atoms with van der Waals surface area (Å²) in [6.07, 6.45) is 1.56. The molecule has 0 fully saturated rings. The van der Waals surface area contributed by atoms with Gasteiger partial charge in [0.25, 0.3) is 0 Å². The van der Waals surface area contributed by atoms with E-state index in [2.05, 4.69) is 4.99 Å². The smallest absolute Gasteiger partial charge is 0.872 e. The van der Waals surface area contributed by atoms with Crippen molar-refractivity contribution in [2.75, 3.05) is 7.05 Å². The SMILES string of the molecule is CN=Cc1ccccc1[O-].[Na+]. The summed E-state index contributed by atoms with van der Waals surface area (Å²) in [5.41, 5.74) is 0.644. The normalized spacial score (nSPS) is 9.55. The Hall–Kier alpha value is -0.310. The number of para-hydroxylation sites is 1. The summed E-state index contributed by atoms with van der Waals surface area (Å²) in [6.45, 7) is 0. The molecule has 0 aliphatic rings. The van der Waals surface area contributed by atoms with Crippen LogP contribution in [0.3, 0.4) is 0 Å². The van der Waals surface area contributed by atoms with Crippen molar-refractivity contribution in [2.24, 2.45) is 4.99 Å². The quantitative estimate of drug-likeness (QED) is 0.337. The minimum atomic E-state index is 0. The number of aliphatic imine (C=N–C) groups is 1. The van der Waals surface area contributed by atoms with E-state index in [0.717, 1.165) is 0 Å². The van der Waals surface area contributed by atoms with Crippen LogP contribution in [-0.2, 0) is 0 Å². The Kier molecular flexibility index (Phi) is 5.20. The summed E-state index contributed by atoms with van der Waals surface area (Å²) in [7, 11) is 1.65. The van der Waals surface area contributed by atoms with Crippen LogP contribution in [-0.4, -0.2) is 13.3 Å². The number of rotatable bonds is 1. The zero-order chi connectivity index (χ0) is 7.40. The van der Waals surface area contributed by atoms with Crippen LogP contribution in [0.1, 0.15) is 5.56 Å². The summed E-state index contributed by atoms with van der Waals surface area (Å²) in [4.78, 5) is 3.74. The van der Waals surface area contributed by atoms with E-state index in [1.807, 2.05) is 6.07 Å². The number of hydrogen-bond donors (Lipinski definition) is 0. The van der Waals surface area contributed by atoms with Crippen molar-refractivity contribution >= 4 is 6.21 Å². The maximum absolute atomic E-state index is 10.9. The summed E-state index contributed by atoms with van der Waals surface area (Å²) in [6, 6.07) is 6.81. The summed E-state index contributed by atoms with van der Waals surface area (Å²) in [5, 5.41) is 10.9. The second-order valence-electron chi connectivity index (χ2n) is 1.93. The monoisotopic (exact) mass is 157 g/mol. The predicted molar refractivity (Wildman–Crippen MR) is 39.4 cm³/mol. The van der Waals surface area contributed by atoms with Gasteiger partial charge in [0.05, 0.1) is 0 Å². The Morgan fingerprint density at radius 3 is 2.55 bits per heavy atom. The Morgan fingerprint density at radius 2 is 2.00 bits per heavy atom. The first-order valence-corrected chi connectivity index (χ1v) is 3.03. The molecule has 0 spiro atoms. The molecular weight excluding hydrogens is 149 g/mol. The molecule has 0 radical (unpaired) electrons. The third kappa shape index (κ3) is 3.06. The summed E-state index contributed by atoms with van der Waals surface area (Å²) in [5.74, 6) is 0.0214. The first-order valence-electron chi connectivity index (χ1n) is 3.03. The van der Waals surface area contributed by atoms with Gasteiger partial charge in [0.15, 0.2) is 0 Å². The second kappa shape index (κ2) is 5.35. The Labute approximate surface area is 88.3 Å². The average Bonchev–Trinajstić information content (AvgIpc) is 1.94. The van der Waals surface area contributed by atoms with Gasteiger partial charge in [-0.2, -0.15) is 0 Å². The van der Waals surface area contributed by atoms with Gasteiger partial charge < -0.3 is 5.11 Å². The molecule has 0 aliphatic carbocycles. The number of hydrogen-bond acceptors (Lipinski definition) is 2. The fourth-order valence-corrected chi connectivity index (χ4v) is 0.726. The molecule has 11 heavy (non-hydrogen) atoms. The van der Waals surface area contributed by atoms with Crippen molar-refractivity contribution < 1.29 is 34.7 Å². The Balaban J connectivity index is 0.000001000. The molecule has 0 saturated heterocycles. The summed E-state index contributed by atoms with van der Waals surface area (Å²) >= 11 is 0. The molecule has 52 valence electrons. The van der Waals surface area contributed by atoms with Crippen molar-refractivity contribution in [3.8, 4) is 5.75 Å². The van der Waals surface area contributed by atoms with Crippen molar-refractivity contribution in [3.63, 3.8) is 0 Å². The number of benzene rings is 1. The Morgan fingerprint density at radius 1 is 1.36 bits per heavy atom. The van der Waals surface area contributed by atoms with Crippen LogP contribution in [0.15, 0.2) is 29.3 Å². The minimum Gasteiger partial charge on any atom is -0.872 e. The summed E-state index contributed by atoms with van der Waals surface area (Å²) < 4.78 is 0. The minimum absolute atomic E-state index is 0. The van der Waals surface area contributed by atoms with E-state index < -0.39 is 0 Å². The first-order chi connectivity index (χ1) is 4.84. The van der Waals surface area contributed by atoms with E-state index in [0.29, 0.717) is 5.56 Å². The van der Waals surface area contributed by atoms with E-state index in [-0.39, 0.29) is 35.3 Å². The van der Waals surface area contributed by atoms with Crippen LogP contribution in [0.2, 0.25) is 0 Å². The van der Waals surface area contributed by atoms with Crippen LogP contribution in [0, 0.1) is 0 Å². The first kappa shape index (κ1) is 10.7. The van der Waals surface area contributed by atoms with E-state index >= 15 is 0 Å². The van der Waals surface area contributed by atoms with Gasteiger partial charge in [-0.15, -0.1) is 5.75 Å². The largest absolute Gasteiger partial charge is 1.00 e. The molecule has 0 saturated carbocycles. The average molecular weight is 157 g/mol. The maximum atomic E-state index is 10.9. The van der Waals surface area contributed by atoms with Crippen LogP contribution in [0.25, 0.3) is 0 Å². The fraction of sp³-hybridized carbons (Fsp3) is 0.125. The predicted octanol–water partition coefficient (Wildman–Crippen LogP) is -2.19. The zero-order valence-corrected chi connectivity index (χ0v) is 8.74. The van der Waals surface area contributed by atoms with Gasteiger partial charge in [-0.25, -0.2) is 0 Å². The van der Waals surface area contributed by atoms with Crippen LogP contribution < -0.4 is 34.7 Å². The van der Waals surface area contributed by atoms with Crippen molar-refractivity contribution in [3.05, 3.63) is 29.8 Å². The van der Waals surface area contributed by atoms with E-state index in [1.165, 1.54) is 6.07 Å². The second-order valence-corrected chi connectivity index (χ2v) is 1.93. The zero-order valence-electron chi connectivity index (χ0n) is 6.74. The van der Waals surface area contributed by atoms with Crippen molar-refractivity contribution in [1.29, 1.82) is 0 Å². The van der Waals surface area contributed by atoms with E-state index in [9.17, 15) is 5.11 Å². The molecule has 0 atom stereocenters. The molecule has 0 heterocycles. The van der Waals surface area contributed by atoms with Crippen molar-refractivity contribution in [1.82, 2.24) is 0 Å². The van der Waals surface area contributed by atoms with Gasteiger partial charge in [-0.3, -0.25) is 4.99 Å². The van der Waals surface area contributed by atoms with Crippen LogP contribution in [0.5, 0.6) is 5.75 Å². The molecule has 0 amide bonds. The van der Waals surface area contributed by atoms with Crippen molar-refractivity contribution in [2.45, 2.75) is 0 Å². The molecule has 1 rings (SSSR count). The van der Waals surface area contributed by atoms with Gasteiger partial charge >= 0.3 is 29.6 Å². The van der Waals surface area contributed by atoms with Crippen LogP contribution >= 0.6 is 0 Å². The molecule has 3 heteroatoms. The third-order valence-electron chi connectivity index (χ3n) is 1.19. The molecule has 2 nitrogen and oxygen atoms in total. The van der Waals surface area contributed by atoms with Crippen LogP contribution in [0.4, 0.5) is 0 Å².